The van der Waals surface area contributed by atoms with Crippen molar-refractivity contribution in [2.45, 2.75) is 82.6 Å². The molecule has 0 bridgehead atoms. The Morgan fingerprint density at radius 3 is 2.38 bits per heavy atom. The monoisotopic (exact) mass is 502 g/mol. The van der Waals surface area contributed by atoms with Gasteiger partial charge in [-0.3, -0.25) is 4.79 Å². The lowest BCUT2D eigenvalue weighted by atomic mass is 9.91. The molecule has 2 aliphatic carbocycles. The van der Waals surface area contributed by atoms with Crippen LogP contribution in [0.25, 0.3) is 10.9 Å². The number of carbonyl (C=O) groups is 2. The van der Waals surface area contributed by atoms with E-state index in [0.29, 0.717) is 18.2 Å². The maximum absolute atomic E-state index is 12.6. The number of fused-ring (bicyclic) bond motifs is 3. The third kappa shape index (κ3) is 5.39. The van der Waals surface area contributed by atoms with E-state index in [1.165, 1.54) is 56.8 Å². The summed E-state index contributed by atoms with van der Waals surface area (Å²) in [5.41, 5.74) is 11.7. The number of hydrogen-bond acceptors (Lipinski definition) is 4. The Bertz CT molecular complexity index is 1250. The Kier molecular flexibility index (Phi) is 7.82. The van der Waals surface area contributed by atoms with E-state index in [1.807, 2.05) is 12.1 Å². The minimum absolute atomic E-state index is 0.181. The molecule has 2 aromatic carbocycles. The number of methoxy groups -OCH3 is 1. The summed E-state index contributed by atoms with van der Waals surface area (Å²) in [5.74, 6) is 0.142. The van der Waals surface area contributed by atoms with E-state index < -0.39 is 5.97 Å². The predicted octanol–water partition coefficient (Wildman–Crippen LogP) is 5.97. The van der Waals surface area contributed by atoms with Crippen molar-refractivity contribution in [1.82, 2.24) is 4.57 Å². The molecule has 1 saturated carbocycles. The number of aromatic nitrogens is 1. The van der Waals surface area contributed by atoms with Crippen LogP contribution in [0.5, 0.6) is 5.75 Å². The van der Waals surface area contributed by atoms with Crippen LogP contribution >= 0.6 is 0 Å². The maximum Gasteiger partial charge on any atom is 0.343 e. The SMILES string of the molecule is COC(=O)COc1cccc2c1c1c(n2Cc2ccc(C3CCCCCC3)cc2)CCCCC1C(N)=O. The minimum Gasteiger partial charge on any atom is -0.481 e. The van der Waals surface area contributed by atoms with Crippen LogP contribution in [0.1, 0.15) is 92.0 Å². The average molecular weight is 503 g/mol. The van der Waals surface area contributed by atoms with Crippen molar-refractivity contribution >= 4 is 22.8 Å². The zero-order valence-electron chi connectivity index (χ0n) is 21.8. The second kappa shape index (κ2) is 11.4. The van der Waals surface area contributed by atoms with Crippen LogP contribution in [0.4, 0.5) is 0 Å². The number of ether oxygens (including phenoxy) is 2. The Hall–Kier alpha value is -3.28. The molecule has 2 aliphatic rings. The first-order valence-electron chi connectivity index (χ1n) is 13.8. The Morgan fingerprint density at radius 1 is 0.946 bits per heavy atom. The molecule has 1 fully saturated rings. The highest BCUT2D eigenvalue weighted by Crippen LogP contribution is 2.42. The molecule has 196 valence electrons. The third-order valence-electron chi connectivity index (χ3n) is 8.27. The number of carbonyl (C=O) groups excluding carboxylic acids is 2. The molecule has 1 atom stereocenters. The summed E-state index contributed by atoms with van der Waals surface area (Å²) in [6.45, 7) is 0.530. The first-order valence-corrected chi connectivity index (χ1v) is 13.8. The van der Waals surface area contributed by atoms with Gasteiger partial charge in [0.05, 0.1) is 18.5 Å². The fourth-order valence-electron chi connectivity index (χ4n) is 6.35. The van der Waals surface area contributed by atoms with Crippen molar-refractivity contribution in [3.63, 3.8) is 0 Å². The van der Waals surface area contributed by atoms with E-state index in [-0.39, 0.29) is 18.4 Å². The lowest BCUT2D eigenvalue weighted by molar-refractivity contribution is -0.142. The topological polar surface area (TPSA) is 83.6 Å². The van der Waals surface area contributed by atoms with E-state index in [4.69, 9.17) is 15.2 Å². The predicted molar refractivity (Wildman–Crippen MR) is 145 cm³/mol. The summed E-state index contributed by atoms with van der Waals surface area (Å²) in [4.78, 5) is 24.4. The van der Waals surface area contributed by atoms with Crippen LogP contribution < -0.4 is 10.5 Å². The summed E-state index contributed by atoms with van der Waals surface area (Å²) in [6, 6.07) is 15.0. The van der Waals surface area contributed by atoms with Crippen LogP contribution in [-0.2, 0) is 27.3 Å². The van der Waals surface area contributed by atoms with E-state index >= 15 is 0 Å². The van der Waals surface area contributed by atoms with Crippen molar-refractivity contribution in [2.75, 3.05) is 13.7 Å². The van der Waals surface area contributed by atoms with Gasteiger partial charge in [-0.2, -0.15) is 0 Å². The molecule has 37 heavy (non-hydrogen) atoms. The van der Waals surface area contributed by atoms with E-state index in [1.54, 1.807) is 0 Å². The maximum atomic E-state index is 12.6. The Labute approximate surface area is 219 Å². The van der Waals surface area contributed by atoms with Gasteiger partial charge in [-0.05, 0) is 66.8 Å². The van der Waals surface area contributed by atoms with E-state index in [9.17, 15) is 9.59 Å². The molecule has 1 heterocycles. The lowest BCUT2D eigenvalue weighted by Gasteiger charge is -2.16. The summed E-state index contributed by atoms with van der Waals surface area (Å²) in [7, 11) is 1.35. The normalized spacial score (nSPS) is 18.6. The largest absolute Gasteiger partial charge is 0.481 e. The second-order valence-electron chi connectivity index (χ2n) is 10.6. The van der Waals surface area contributed by atoms with Crippen molar-refractivity contribution in [2.24, 2.45) is 5.73 Å². The van der Waals surface area contributed by atoms with Crippen molar-refractivity contribution in [3.05, 3.63) is 64.8 Å². The quantitative estimate of drug-likeness (QED) is 0.245. The number of hydrogen-bond donors (Lipinski definition) is 1. The molecule has 0 radical (unpaired) electrons. The fourth-order valence-corrected chi connectivity index (χ4v) is 6.35. The van der Waals surface area contributed by atoms with Crippen LogP contribution in [0.3, 0.4) is 0 Å². The number of primary amides is 1. The zero-order chi connectivity index (χ0) is 25.8. The Balaban J connectivity index is 1.54. The molecule has 6 nitrogen and oxygen atoms in total. The lowest BCUT2D eigenvalue weighted by Crippen LogP contribution is -2.21. The van der Waals surface area contributed by atoms with E-state index in [2.05, 4.69) is 34.9 Å². The van der Waals surface area contributed by atoms with Gasteiger partial charge >= 0.3 is 5.97 Å². The number of rotatable bonds is 7. The first kappa shape index (κ1) is 25.4. The van der Waals surface area contributed by atoms with Crippen LogP contribution in [0, 0.1) is 0 Å². The van der Waals surface area contributed by atoms with Gasteiger partial charge in [-0.15, -0.1) is 0 Å². The molecule has 0 aliphatic heterocycles. The smallest absolute Gasteiger partial charge is 0.343 e. The number of benzene rings is 2. The molecule has 0 saturated heterocycles. The summed E-state index contributed by atoms with van der Waals surface area (Å²) in [5, 5.41) is 0.891. The van der Waals surface area contributed by atoms with Gasteiger partial charge in [-0.1, -0.05) is 62.4 Å². The number of nitrogens with two attached hydrogens (primary N) is 1. The molecule has 2 N–H and O–H groups in total. The fraction of sp³-hybridized carbons (Fsp3) is 0.484. The minimum atomic E-state index is -0.442. The van der Waals surface area contributed by atoms with Gasteiger partial charge in [-0.25, -0.2) is 4.79 Å². The molecule has 0 spiro atoms. The van der Waals surface area contributed by atoms with Gasteiger partial charge in [0.2, 0.25) is 5.91 Å². The van der Waals surface area contributed by atoms with E-state index in [0.717, 1.165) is 47.8 Å². The molecule has 1 unspecified atom stereocenters. The summed E-state index contributed by atoms with van der Waals surface area (Å²) < 4.78 is 13.0. The molecule has 1 aromatic heterocycles. The zero-order valence-corrected chi connectivity index (χ0v) is 21.8. The molecule has 6 heteroatoms. The molecule has 5 rings (SSSR count). The highest BCUT2D eigenvalue weighted by atomic mass is 16.6. The summed E-state index contributed by atoms with van der Waals surface area (Å²) in [6.07, 6.45) is 11.5. The van der Waals surface area contributed by atoms with Gasteiger partial charge in [0, 0.05) is 17.6 Å². The molecular weight excluding hydrogens is 464 g/mol. The molecule has 1 amide bonds. The van der Waals surface area contributed by atoms with Gasteiger partial charge in [0.25, 0.3) is 0 Å². The van der Waals surface area contributed by atoms with Crippen LogP contribution in [0.15, 0.2) is 42.5 Å². The van der Waals surface area contributed by atoms with Gasteiger partial charge < -0.3 is 19.8 Å². The Morgan fingerprint density at radius 2 is 1.68 bits per heavy atom. The average Bonchev–Trinajstić information content (AvgIpc) is 3.14. The van der Waals surface area contributed by atoms with Gasteiger partial charge in [0.1, 0.15) is 5.75 Å². The molecule has 3 aromatic rings. The summed E-state index contributed by atoms with van der Waals surface area (Å²) >= 11 is 0. The number of amides is 1. The first-order chi connectivity index (χ1) is 18.1. The standard InChI is InChI=1S/C31H38N2O4/c1-36-28(34)20-37-27-14-8-13-26-30(27)29-24(31(32)35)11-6-7-12-25(29)33(26)19-21-15-17-23(18-16-21)22-9-4-2-3-5-10-22/h8,13-18,22,24H,2-7,9-12,19-20H2,1H3,(H2,32,35). The van der Waals surface area contributed by atoms with Gasteiger partial charge in [0.15, 0.2) is 6.61 Å². The highest BCUT2D eigenvalue weighted by molar-refractivity contribution is 5.97. The number of esters is 1. The van der Waals surface area contributed by atoms with Crippen LogP contribution in [-0.4, -0.2) is 30.2 Å². The highest BCUT2D eigenvalue weighted by Gasteiger charge is 2.31. The van der Waals surface area contributed by atoms with Crippen molar-refractivity contribution in [1.29, 1.82) is 0 Å². The second-order valence-corrected chi connectivity index (χ2v) is 10.6. The van der Waals surface area contributed by atoms with Crippen molar-refractivity contribution < 1.29 is 19.1 Å². The number of nitrogens with zero attached hydrogens (tertiary/aromatic N) is 1. The third-order valence-corrected chi connectivity index (χ3v) is 8.27. The van der Waals surface area contributed by atoms with Crippen molar-refractivity contribution in [3.8, 4) is 5.75 Å². The molecular formula is C31H38N2O4. The van der Waals surface area contributed by atoms with Crippen LogP contribution in [0.2, 0.25) is 0 Å².